The van der Waals surface area contributed by atoms with Crippen LogP contribution in [0.1, 0.15) is 17.4 Å². The number of imidazole rings is 1. The van der Waals surface area contributed by atoms with E-state index in [1.165, 1.54) is 21.8 Å². The second kappa shape index (κ2) is 8.53. The smallest absolute Gasteiger partial charge is 0.264 e. The van der Waals surface area contributed by atoms with Crippen LogP contribution in [0.25, 0.3) is 11.0 Å². The van der Waals surface area contributed by atoms with Gasteiger partial charge in [0.25, 0.3) is 5.56 Å². The molecule has 0 radical (unpaired) electrons. The van der Waals surface area contributed by atoms with Crippen molar-refractivity contribution in [2.45, 2.75) is 12.6 Å². The lowest BCUT2D eigenvalue weighted by Gasteiger charge is -2.21. The number of rotatable bonds is 7. The molecule has 11 heteroatoms. The Labute approximate surface area is 183 Å². The predicted molar refractivity (Wildman–Crippen MR) is 116 cm³/mol. The lowest BCUT2D eigenvalue weighted by Crippen LogP contribution is -2.36. The zero-order chi connectivity index (χ0) is 22.8. The van der Waals surface area contributed by atoms with E-state index in [0.717, 1.165) is 5.56 Å². The van der Waals surface area contributed by atoms with Crippen molar-refractivity contribution in [1.29, 1.82) is 0 Å². The molecular weight excluding hydrogens is 414 g/mol. The van der Waals surface area contributed by atoms with Gasteiger partial charge in [0.1, 0.15) is 41.6 Å². The van der Waals surface area contributed by atoms with Crippen LogP contribution >= 0.6 is 0 Å². The maximum Gasteiger partial charge on any atom is 0.264 e. The number of nitrogens with zero attached hydrogens (tertiary/aromatic N) is 6. The molecule has 0 spiro atoms. The average Bonchev–Trinajstić information content (AvgIpc) is 3.39. The summed E-state index contributed by atoms with van der Waals surface area (Å²) in [6.07, 6.45) is 6.22. The molecule has 11 nitrogen and oxygen atoms in total. The first-order valence-corrected chi connectivity index (χ1v) is 9.78. The van der Waals surface area contributed by atoms with Gasteiger partial charge in [0.05, 0.1) is 20.4 Å². The van der Waals surface area contributed by atoms with Crippen molar-refractivity contribution in [2.24, 2.45) is 14.1 Å². The van der Waals surface area contributed by atoms with E-state index in [1.807, 2.05) is 11.6 Å². The molecule has 1 unspecified atom stereocenters. The Morgan fingerprint density at radius 1 is 1.12 bits per heavy atom. The Bertz CT molecular complexity index is 1320. The Hall–Kier alpha value is -4.15. The van der Waals surface area contributed by atoms with Gasteiger partial charge in [-0.3, -0.25) is 18.8 Å². The summed E-state index contributed by atoms with van der Waals surface area (Å²) in [4.78, 5) is 34.3. The lowest BCUT2D eigenvalue weighted by molar-refractivity contribution is -0.122. The molecule has 4 aromatic rings. The topological polar surface area (TPSA) is 118 Å². The van der Waals surface area contributed by atoms with Crippen LogP contribution in [-0.4, -0.2) is 49.0 Å². The van der Waals surface area contributed by atoms with Crippen LogP contribution in [-0.2, 0) is 25.4 Å². The van der Waals surface area contributed by atoms with Gasteiger partial charge in [-0.25, -0.2) is 9.97 Å². The molecule has 0 saturated heterocycles. The number of fused-ring (bicyclic) bond motifs is 1. The number of ether oxygens (including phenoxy) is 2. The van der Waals surface area contributed by atoms with Crippen molar-refractivity contribution in [3.8, 4) is 11.5 Å². The molecule has 0 saturated carbocycles. The van der Waals surface area contributed by atoms with Crippen LogP contribution in [0.4, 0.5) is 0 Å². The molecular formula is C21H23N7O4. The maximum atomic E-state index is 13.0. The molecule has 0 fully saturated rings. The first-order chi connectivity index (χ1) is 15.4. The van der Waals surface area contributed by atoms with E-state index in [4.69, 9.17) is 9.47 Å². The summed E-state index contributed by atoms with van der Waals surface area (Å²) in [5, 5.41) is 7.36. The second-order valence-corrected chi connectivity index (χ2v) is 7.23. The highest BCUT2D eigenvalue weighted by atomic mass is 16.5. The minimum Gasteiger partial charge on any atom is -0.497 e. The summed E-state index contributed by atoms with van der Waals surface area (Å²) in [7, 11) is 6.65. The molecule has 1 amide bonds. The fourth-order valence-electron chi connectivity index (χ4n) is 3.49. The van der Waals surface area contributed by atoms with Gasteiger partial charge in [0.2, 0.25) is 5.91 Å². The number of hydrogen-bond acceptors (Lipinski definition) is 7. The number of nitrogens with one attached hydrogen (secondary N) is 1. The Balaban J connectivity index is 1.66. The Morgan fingerprint density at radius 3 is 2.47 bits per heavy atom. The van der Waals surface area contributed by atoms with E-state index in [1.54, 1.807) is 51.9 Å². The third-order valence-electron chi connectivity index (χ3n) is 5.16. The number of aromatic nitrogens is 6. The highest BCUT2D eigenvalue weighted by Crippen LogP contribution is 2.29. The van der Waals surface area contributed by atoms with Crippen molar-refractivity contribution < 1.29 is 14.3 Å². The molecule has 166 valence electrons. The van der Waals surface area contributed by atoms with Crippen molar-refractivity contribution in [3.63, 3.8) is 0 Å². The first kappa shape index (κ1) is 21.1. The lowest BCUT2D eigenvalue weighted by atomic mass is 10.0. The van der Waals surface area contributed by atoms with Gasteiger partial charge < -0.3 is 19.4 Å². The normalized spacial score (nSPS) is 12.0. The van der Waals surface area contributed by atoms with E-state index in [2.05, 4.69) is 20.4 Å². The average molecular weight is 437 g/mol. The molecule has 3 heterocycles. The molecule has 4 rings (SSSR count). The summed E-state index contributed by atoms with van der Waals surface area (Å²) in [6.45, 7) is -0.210. The summed E-state index contributed by atoms with van der Waals surface area (Å²) >= 11 is 0. The summed E-state index contributed by atoms with van der Waals surface area (Å²) < 4.78 is 15.3. The Morgan fingerprint density at radius 2 is 1.84 bits per heavy atom. The highest BCUT2D eigenvalue weighted by Gasteiger charge is 2.23. The van der Waals surface area contributed by atoms with Crippen molar-refractivity contribution in [2.75, 3.05) is 14.2 Å². The van der Waals surface area contributed by atoms with E-state index in [0.29, 0.717) is 28.4 Å². The van der Waals surface area contributed by atoms with Crippen LogP contribution in [0.3, 0.4) is 0 Å². The van der Waals surface area contributed by atoms with Crippen LogP contribution in [0.2, 0.25) is 0 Å². The summed E-state index contributed by atoms with van der Waals surface area (Å²) in [5.74, 6) is 1.39. The first-order valence-electron chi connectivity index (χ1n) is 9.78. The van der Waals surface area contributed by atoms with Crippen LogP contribution < -0.4 is 20.3 Å². The fourth-order valence-corrected chi connectivity index (χ4v) is 3.49. The standard InChI is InChI=1S/C21H23N7O4/c1-26-6-5-22-20(26)18(13-7-14(31-3)9-15(8-13)32-4)25-17(29)11-28-12-23-19-16(21(28)30)10-24-27(19)2/h5-10,12,18H,11H2,1-4H3,(H,25,29). The zero-order valence-corrected chi connectivity index (χ0v) is 18.1. The van der Waals surface area contributed by atoms with E-state index in [9.17, 15) is 9.59 Å². The molecule has 1 aromatic carbocycles. The molecule has 3 aromatic heterocycles. The molecule has 32 heavy (non-hydrogen) atoms. The van der Waals surface area contributed by atoms with Gasteiger partial charge in [-0.15, -0.1) is 0 Å². The maximum absolute atomic E-state index is 13.0. The zero-order valence-electron chi connectivity index (χ0n) is 18.1. The van der Waals surface area contributed by atoms with Gasteiger partial charge in [-0.2, -0.15) is 5.10 Å². The SMILES string of the molecule is COc1cc(OC)cc(C(NC(=O)Cn2cnc3c(cnn3C)c2=O)c2nccn2C)c1. The fraction of sp³-hybridized carbons (Fsp3) is 0.286. The van der Waals surface area contributed by atoms with Crippen LogP contribution in [0, 0.1) is 0 Å². The quantitative estimate of drug-likeness (QED) is 0.454. The minimum atomic E-state index is -0.600. The predicted octanol–water partition coefficient (Wildman–Crippen LogP) is 0.786. The van der Waals surface area contributed by atoms with Gasteiger partial charge >= 0.3 is 0 Å². The third-order valence-corrected chi connectivity index (χ3v) is 5.16. The van der Waals surface area contributed by atoms with Crippen molar-refractivity contribution in [3.05, 3.63) is 64.9 Å². The Kier molecular flexibility index (Phi) is 5.63. The molecule has 1 N–H and O–H groups in total. The third kappa shape index (κ3) is 3.92. The number of methoxy groups -OCH3 is 2. The second-order valence-electron chi connectivity index (χ2n) is 7.23. The van der Waals surface area contributed by atoms with E-state index >= 15 is 0 Å². The monoisotopic (exact) mass is 437 g/mol. The van der Waals surface area contributed by atoms with Gasteiger partial charge in [-0.1, -0.05) is 0 Å². The van der Waals surface area contributed by atoms with E-state index in [-0.39, 0.29) is 18.0 Å². The number of carbonyl (C=O) groups excluding carboxylic acids is 1. The van der Waals surface area contributed by atoms with Crippen LogP contribution in [0.15, 0.2) is 47.9 Å². The number of carbonyl (C=O) groups is 1. The number of hydrogen-bond donors (Lipinski definition) is 1. The molecule has 0 bridgehead atoms. The van der Waals surface area contributed by atoms with Crippen molar-refractivity contribution >= 4 is 16.9 Å². The van der Waals surface area contributed by atoms with Crippen LogP contribution in [0.5, 0.6) is 11.5 Å². The van der Waals surface area contributed by atoms with Gasteiger partial charge in [-0.05, 0) is 17.7 Å². The molecule has 0 aliphatic rings. The number of aryl methyl sites for hydroxylation is 2. The van der Waals surface area contributed by atoms with Crippen molar-refractivity contribution in [1.82, 2.24) is 34.2 Å². The number of amides is 1. The highest BCUT2D eigenvalue weighted by molar-refractivity contribution is 5.78. The molecule has 0 aliphatic carbocycles. The van der Waals surface area contributed by atoms with E-state index < -0.39 is 6.04 Å². The molecule has 1 atom stereocenters. The number of benzene rings is 1. The summed E-state index contributed by atoms with van der Waals surface area (Å²) in [5.41, 5.74) is 0.841. The largest absolute Gasteiger partial charge is 0.497 e. The van der Waals surface area contributed by atoms with Gasteiger partial charge in [0, 0.05) is 32.6 Å². The minimum absolute atomic E-state index is 0.210. The van der Waals surface area contributed by atoms with Gasteiger partial charge in [0.15, 0.2) is 5.65 Å². The summed E-state index contributed by atoms with van der Waals surface area (Å²) in [6, 6.07) is 4.75. The molecule has 0 aliphatic heterocycles.